The molecule has 1 saturated heterocycles. The molecule has 1 aliphatic heterocycles. The van der Waals surface area contributed by atoms with Crippen LogP contribution in [0, 0.1) is 5.82 Å². The minimum absolute atomic E-state index is 0.237. The van der Waals surface area contributed by atoms with Gasteiger partial charge in [0, 0.05) is 0 Å². The Bertz CT molecular complexity index is 988. The van der Waals surface area contributed by atoms with Crippen molar-refractivity contribution in [3.63, 3.8) is 0 Å². The summed E-state index contributed by atoms with van der Waals surface area (Å²) in [5, 5.41) is -0.503. The van der Waals surface area contributed by atoms with Crippen molar-refractivity contribution in [3.8, 4) is 5.75 Å². The summed E-state index contributed by atoms with van der Waals surface area (Å²) in [7, 11) is 0. The van der Waals surface area contributed by atoms with Crippen molar-refractivity contribution in [2.24, 2.45) is 0 Å². The predicted octanol–water partition coefficient (Wildman–Crippen LogP) is 4.78. The number of benzene rings is 2. The zero-order chi connectivity index (χ0) is 22.4. The average molecular weight is 443 g/mol. The molecular formula is C23H22FNO5S. The van der Waals surface area contributed by atoms with Gasteiger partial charge >= 0.3 is 5.97 Å². The molecule has 0 spiro atoms. The fourth-order valence-electron chi connectivity index (χ4n) is 2.67. The molecule has 0 unspecified atom stereocenters. The van der Waals surface area contributed by atoms with Gasteiger partial charge in [0.1, 0.15) is 24.7 Å². The third-order valence-corrected chi connectivity index (χ3v) is 5.47. The molecule has 1 fully saturated rings. The molecule has 1 atom stereocenters. The zero-order valence-electron chi connectivity index (χ0n) is 17.2. The summed E-state index contributed by atoms with van der Waals surface area (Å²) >= 11 is 0.785. The van der Waals surface area contributed by atoms with Gasteiger partial charge in [0.25, 0.3) is 11.1 Å². The van der Waals surface area contributed by atoms with Gasteiger partial charge in [-0.25, -0.2) is 4.39 Å². The number of amides is 2. The highest BCUT2D eigenvalue weighted by Gasteiger charge is 2.36. The average Bonchev–Trinajstić information content (AvgIpc) is 3.01. The van der Waals surface area contributed by atoms with Gasteiger partial charge in [0.05, 0.1) is 11.0 Å². The van der Waals surface area contributed by atoms with E-state index in [1.807, 2.05) is 6.92 Å². The number of carbonyl (C=O) groups is 3. The Morgan fingerprint density at radius 3 is 2.45 bits per heavy atom. The van der Waals surface area contributed by atoms with Crippen molar-refractivity contribution in [3.05, 3.63) is 70.4 Å². The van der Waals surface area contributed by atoms with Crippen LogP contribution in [0.15, 0.2) is 53.4 Å². The lowest BCUT2D eigenvalue weighted by Gasteiger charge is -2.14. The highest BCUT2D eigenvalue weighted by molar-refractivity contribution is 8.18. The normalized spacial score (nSPS) is 16.0. The topological polar surface area (TPSA) is 72.9 Å². The molecule has 0 bridgehead atoms. The molecule has 162 valence electrons. The highest BCUT2D eigenvalue weighted by Crippen LogP contribution is 2.32. The Morgan fingerprint density at radius 1 is 1.13 bits per heavy atom. The van der Waals surface area contributed by atoms with E-state index in [0.717, 1.165) is 22.2 Å². The number of hydrogen-bond acceptors (Lipinski definition) is 6. The number of ether oxygens (including phenoxy) is 2. The minimum Gasteiger partial charge on any atom is -0.489 e. The maximum Gasteiger partial charge on any atom is 0.326 e. The fraction of sp³-hybridized carbons (Fsp3) is 0.261. The van der Waals surface area contributed by atoms with Gasteiger partial charge in [0.15, 0.2) is 0 Å². The molecule has 2 amide bonds. The molecule has 1 aliphatic rings. The predicted molar refractivity (Wildman–Crippen MR) is 116 cm³/mol. The quantitative estimate of drug-likeness (QED) is 0.432. The van der Waals surface area contributed by atoms with Crippen LogP contribution in [0.2, 0.25) is 0 Å². The SMILES string of the molecule is CC[C@@H](C)OC(=O)CN1C(=O)S/C(=C\c2ccc(OCc3ccc(F)cc3)cc2)C1=O. The summed E-state index contributed by atoms with van der Waals surface area (Å²) in [6.07, 6.45) is 1.97. The van der Waals surface area contributed by atoms with Crippen molar-refractivity contribution in [2.75, 3.05) is 6.54 Å². The van der Waals surface area contributed by atoms with Gasteiger partial charge in [-0.2, -0.15) is 0 Å². The van der Waals surface area contributed by atoms with Crippen LogP contribution in [0.25, 0.3) is 6.08 Å². The molecule has 6 nitrogen and oxygen atoms in total. The van der Waals surface area contributed by atoms with E-state index in [1.54, 1.807) is 49.4 Å². The largest absolute Gasteiger partial charge is 0.489 e. The van der Waals surface area contributed by atoms with Crippen LogP contribution < -0.4 is 4.74 Å². The molecule has 0 N–H and O–H groups in total. The first kappa shape index (κ1) is 22.6. The Labute approximate surface area is 184 Å². The van der Waals surface area contributed by atoms with E-state index in [0.29, 0.717) is 24.3 Å². The van der Waals surface area contributed by atoms with Crippen LogP contribution in [-0.2, 0) is 20.9 Å². The van der Waals surface area contributed by atoms with Crippen LogP contribution in [0.4, 0.5) is 9.18 Å². The molecule has 2 aromatic carbocycles. The first-order valence-corrected chi connectivity index (χ1v) is 10.6. The zero-order valence-corrected chi connectivity index (χ0v) is 18.0. The van der Waals surface area contributed by atoms with Crippen LogP contribution in [0.3, 0.4) is 0 Å². The molecule has 0 radical (unpaired) electrons. The number of carbonyl (C=O) groups excluding carboxylic acids is 3. The maximum absolute atomic E-state index is 12.9. The first-order valence-electron chi connectivity index (χ1n) is 9.78. The lowest BCUT2D eigenvalue weighted by molar-refractivity contribution is -0.150. The number of nitrogens with zero attached hydrogens (tertiary/aromatic N) is 1. The standard InChI is InChI=1S/C23H22FNO5S/c1-3-15(2)30-21(26)13-25-22(27)20(31-23(25)28)12-16-6-10-19(11-7-16)29-14-17-4-8-18(24)9-5-17/h4-12,15H,3,13-14H2,1-2H3/b20-12-/t15-/m1/s1. The van der Waals surface area contributed by atoms with Crippen molar-refractivity contribution >= 4 is 35.0 Å². The monoisotopic (exact) mass is 443 g/mol. The summed E-state index contributed by atoms with van der Waals surface area (Å²) in [5.41, 5.74) is 1.55. The molecule has 0 aliphatic carbocycles. The first-order chi connectivity index (χ1) is 14.9. The van der Waals surface area contributed by atoms with Gasteiger partial charge in [-0.05, 0) is 66.6 Å². The highest BCUT2D eigenvalue weighted by atomic mass is 32.2. The second kappa shape index (κ2) is 10.3. The van der Waals surface area contributed by atoms with Crippen LogP contribution >= 0.6 is 11.8 Å². The van der Waals surface area contributed by atoms with Gasteiger partial charge < -0.3 is 9.47 Å². The van der Waals surface area contributed by atoms with Crippen molar-refractivity contribution in [1.82, 2.24) is 4.90 Å². The van der Waals surface area contributed by atoms with E-state index >= 15 is 0 Å². The summed E-state index contributed by atoms with van der Waals surface area (Å²) in [5.74, 6) is -0.819. The fourth-order valence-corrected chi connectivity index (χ4v) is 3.51. The van der Waals surface area contributed by atoms with Crippen LogP contribution in [0.1, 0.15) is 31.4 Å². The summed E-state index contributed by atoms with van der Waals surface area (Å²) < 4.78 is 23.8. The Balaban J connectivity index is 1.59. The Hall–Kier alpha value is -3.13. The maximum atomic E-state index is 12.9. The number of esters is 1. The van der Waals surface area contributed by atoms with Crippen LogP contribution in [0.5, 0.6) is 5.75 Å². The number of halogens is 1. The van der Waals surface area contributed by atoms with Gasteiger partial charge in [-0.3, -0.25) is 19.3 Å². The number of hydrogen-bond donors (Lipinski definition) is 0. The second-order valence-corrected chi connectivity index (χ2v) is 7.95. The number of imide groups is 1. The minimum atomic E-state index is -0.611. The molecular weight excluding hydrogens is 421 g/mol. The van der Waals surface area contributed by atoms with E-state index in [-0.39, 0.29) is 16.8 Å². The van der Waals surface area contributed by atoms with E-state index in [1.165, 1.54) is 12.1 Å². The Morgan fingerprint density at radius 2 is 1.81 bits per heavy atom. The third-order valence-electron chi connectivity index (χ3n) is 4.56. The van der Waals surface area contributed by atoms with Gasteiger partial charge in [-0.15, -0.1) is 0 Å². The molecule has 3 rings (SSSR count). The molecule has 2 aromatic rings. The molecule has 0 aromatic heterocycles. The van der Waals surface area contributed by atoms with Gasteiger partial charge in [-0.1, -0.05) is 31.2 Å². The van der Waals surface area contributed by atoms with E-state index in [4.69, 9.17) is 9.47 Å². The van der Waals surface area contributed by atoms with E-state index < -0.39 is 23.7 Å². The van der Waals surface area contributed by atoms with Crippen molar-refractivity contribution in [1.29, 1.82) is 0 Å². The molecule has 1 heterocycles. The molecule has 0 saturated carbocycles. The van der Waals surface area contributed by atoms with E-state index in [2.05, 4.69) is 0 Å². The second-order valence-electron chi connectivity index (χ2n) is 6.96. The molecule has 31 heavy (non-hydrogen) atoms. The van der Waals surface area contributed by atoms with Crippen molar-refractivity contribution < 1.29 is 28.2 Å². The number of thioether (sulfide) groups is 1. The van der Waals surface area contributed by atoms with E-state index in [9.17, 15) is 18.8 Å². The molecule has 8 heteroatoms. The lowest BCUT2D eigenvalue weighted by Crippen LogP contribution is -2.35. The summed E-state index contributed by atoms with van der Waals surface area (Å²) in [4.78, 5) is 37.7. The van der Waals surface area contributed by atoms with Crippen LogP contribution in [-0.4, -0.2) is 34.7 Å². The summed E-state index contributed by atoms with van der Waals surface area (Å²) in [6, 6.07) is 13.0. The van der Waals surface area contributed by atoms with Crippen molar-refractivity contribution in [2.45, 2.75) is 33.0 Å². The lowest BCUT2D eigenvalue weighted by atomic mass is 10.2. The van der Waals surface area contributed by atoms with Gasteiger partial charge in [0.2, 0.25) is 0 Å². The third kappa shape index (κ3) is 6.18. The smallest absolute Gasteiger partial charge is 0.326 e. The Kier molecular flexibility index (Phi) is 7.46. The summed E-state index contributed by atoms with van der Waals surface area (Å²) in [6.45, 7) is 3.52. The number of rotatable bonds is 8.